The van der Waals surface area contributed by atoms with Crippen molar-refractivity contribution in [1.82, 2.24) is 5.32 Å². The van der Waals surface area contributed by atoms with Crippen molar-refractivity contribution in [2.75, 3.05) is 18.0 Å². The molecule has 0 aromatic heterocycles. The molecule has 5 heteroatoms. The van der Waals surface area contributed by atoms with Gasteiger partial charge in [-0.15, -0.1) is 0 Å². The maximum Gasteiger partial charge on any atom is 0.223 e. The van der Waals surface area contributed by atoms with E-state index in [2.05, 4.69) is 16.3 Å². The summed E-state index contributed by atoms with van der Waals surface area (Å²) in [6.07, 6.45) is 5.59. The number of hydrogen-bond acceptors (Lipinski definition) is 4. The average molecular weight is 327 g/mol. The average Bonchev–Trinajstić information content (AvgIpc) is 3.01. The van der Waals surface area contributed by atoms with Crippen molar-refractivity contribution in [2.45, 2.75) is 56.6 Å². The predicted molar refractivity (Wildman–Crippen MR) is 92.6 cm³/mol. The van der Waals surface area contributed by atoms with E-state index in [0.717, 1.165) is 57.3 Å². The Kier molecular flexibility index (Phi) is 5.06. The highest BCUT2D eigenvalue weighted by molar-refractivity contribution is 5.77. The van der Waals surface area contributed by atoms with Crippen LogP contribution in [0.4, 0.5) is 5.69 Å². The number of amides is 1. The number of piperidine rings is 1. The Labute approximate surface area is 143 Å². The maximum atomic E-state index is 12.2. The number of carbonyl (C=O) groups is 1. The van der Waals surface area contributed by atoms with E-state index in [4.69, 9.17) is 5.26 Å². The van der Waals surface area contributed by atoms with Gasteiger partial charge in [0.1, 0.15) is 0 Å². The van der Waals surface area contributed by atoms with Crippen molar-refractivity contribution in [3.63, 3.8) is 0 Å². The summed E-state index contributed by atoms with van der Waals surface area (Å²) in [6, 6.07) is 9.96. The minimum Gasteiger partial charge on any atom is -0.389 e. The minimum atomic E-state index is -0.771. The maximum absolute atomic E-state index is 12.2. The summed E-state index contributed by atoms with van der Waals surface area (Å²) in [5.74, 6) is -0.0174. The molecular weight excluding hydrogens is 302 g/mol. The lowest BCUT2D eigenvalue weighted by Gasteiger charge is -2.34. The quantitative estimate of drug-likeness (QED) is 0.890. The zero-order valence-corrected chi connectivity index (χ0v) is 14.0. The molecule has 0 spiro atoms. The zero-order valence-electron chi connectivity index (χ0n) is 14.0. The molecule has 3 rings (SSSR count). The number of benzene rings is 1. The van der Waals surface area contributed by atoms with Crippen LogP contribution >= 0.6 is 0 Å². The molecule has 0 bridgehead atoms. The normalized spacial score (nSPS) is 20.6. The van der Waals surface area contributed by atoms with E-state index >= 15 is 0 Å². The summed E-state index contributed by atoms with van der Waals surface area (Å²) in [6.45, 7) is 1.78. The molecule has 1 aromatic rings. The van der Waals surface area contributed by atoms with Crippen LogP contribution in [0.3, 0.4) is 0 Å². The molecule has 1 saturated carbocycles. The molecule has 2 aliphatic rings. The molecule has 24 heavy (non-hydrogen) atoms. The van der Waals surface area contributed by atoms with Gasteiger partial charge in [0.2, 0.25) is 5.91 Å². The molecule has 0 unspecified atom stereocenters. The zero-order chi connectivity index (χ0) is 17.0. The van der Waals surface area contributed by atoms with Crippen molar-refractivity contribution < 1.29 is 9.90 Å². The Bertz CT molecular complexity index is 606. The molecular formula is C19H25N3O2. The Balaban J connectivity index is 1.46. The van der Waals surface area contributed by atoms with Crippen molar-refractivity contribution in [3.8, 4) is 6.07 Å². The molecule has 5 nitrogen and oxygen atoms in total. The molecule has 1 heterocycles. The first kappa shape index (κ1) is 16.8. The van der Waals surface area contributed by atoms with Gasteiger partial charge in [0.15, 0.2) is 0 Å². The smallest absolute Gasteiger partial charge is 0.223 e. The fourth-order valence-corrected chi connectivity index (χ4v) is 3.82. The van der Waals surface area contributed by atoms with E-state index in [1.54, 1.807) is 0 Å². The van der Waals surface area contributed by atoms with Crippen molar-refractivity contribution >= 4 is 11.6 Å². The largest absolute Gasteiger partial charge is 0.389 e. The molecule has 2 fully saturated rings. The second kappa shape index (κ2) is 7.23. The molecule has 0 atom stereocenters. The summed E-state index contributed by atoms with van der Waals surface area (Å²) in [7, 11) is 0. The molecule has 1 aliphatic carbocycles. The van der Waals surface area contributed by atoms with Crippen LogP contribution in [0.25, 0.3) is 0 Å². The highest BCUT2D eigenvalue weighted by atomic mass is 16.3. The Hall–Kier alpha value is -2.06. The van der Waals surface area contributed by atoms with E-state index in [9.17, 15) is 9.90 Å². The van der Waals surface area contributed by atoms with Crippen molar-refractivity contribution in [1.29, 1.82) is 5.26 Å². The number of aliphatic hydroxyl groups is 1. The number of nitriles is 1. The highest BCUT2D eigenvalue weighted by Gasteiger charge is 2.34. The first-order valence-electron chi connectivity index (χ1n) is 8.85. The number of anilines is 1. The van der Waals surface area contributed by atoms with Crippen LogP contribution in [0.1, 0.15) is 50.5 Å². The molecule has 128 valence electrons. The van der Waals surface area contributed by atoms with Gasteiger partial charge in [-0.2, -0.15) is 5.26 Å². The molecule has 1 saturated heterocycles. The SMILES string of the molecule is N#Cc1ccc(N2CCC(NC(=O)CC3(O)CCCC3)CC2)cc1. The van der Waals surface area contributed by atoms with Crippen LogP contribution in [0.5, 0.6) is 0 Å². The second-order valence-corrected chi connectivity index (χ2v) is 7.10. The Morgan fingerprint density at radius 1 is 1.25 bits per heavy atom. The van der Waals surface area contributed by atoms with Gasteiger partial charge < -0.3 is 15.3 Å². The Morgan fingerprint density at radius 2 is 1.88 bits per heavy atom. The topological polar surface area (TPSA) is 76.4 Å². The predicted octanol–water partition coefficient (Wildman–Crippen LogP) is 2.34. The molecule has 1 aromatic carbocycles. The van der Waals surface area contributed by atoms with E-state index in [-0.39, 0.29) is 18.4 Å². The lowest BCUT2D eigenvalue weighted by atomic mass is 9.96. The van der Waals surface area contributed by atoms with E-state index in [1.165, 1.54) is 0 Å². The summed E-state index contributed by atoms with van der Waals surface area (Å²) < 4.78 is 0. The van der Waals surface area contributed by atoms with Crippen LogP contribution < -0.4 is 10.2 Å². The van der Waals surface area contributed by atoms with E-state index in [0.29, 0.717) is 5.56 Å². The fourth-order valence-electron chi connectivity index (χ4n) is 3.82. The van der Waals surface area contributed by atoms with Gasteiger partial charge in [0, 0.05) is 24.8 Å². The molecule has 1 aliphatic heterocycles. The Morgan fingerprint density at radius 3 is 2.46 bits per heavy atom. The monoisotopic (exact) mass is 327 g/mol. The van der Waals surface area contributed by atoms with Crippen molar-refractivity contribution in [3.05, 3.63) is 29.8 Å². The molecule has 1 amide bonds. The van der Waals surface area contributed by atoms with Gasteiger partial charge in [0.25, 0.3) is 0 Å². The molecule has 2 N–H and O–H groups in total. The lowest BCUT2D eigenvalue weighted by Crippen LogP contribution is -2.46. The number of hydrogen-bond donors (Lipinski definition) is 2. The third kappa shape index (κ3) is 4.07. The third-order valence-corrected chi connectivity index (χ3v) is 5.25. The standard InChI is InChI=1S/C19H25N3O2/c20-14-15-3-5-17(6-4-15)22-11-7-16(8-12-22)21-18(23)13-19(24)9-1-2-10-19/h3-6,16,24H,1-2,7-13H2,(H,21,23). The summed E-state index contributed by atoms with van der Waals surface area (Å²) in [5, 5.41) is 22.3. The fraction of sp³-hybridized carbons (Fsp3) is 0.579. The first-order valence-corrected chi connectivity index (χ1v) is 8.85. The van der Waals surface area contributed by atoms with Crippen molar-refractivity contribution in [2.24, 2.45) is 0 Å². The van der Waals surface area contributed by atoms with Crippen LogP contribution in [-0.4, -0.2) is 35.7 Å². The summed E-state index contributed by atoms with van der Waals surface area (Å²) >= 11 is 0. The minimum absolute atomic E-state index is 0.0174. The second-order valence-electron chi connectivity index (χ2n) is 7.10. The first-order chi connectivity index (χ1) is 11.6. The molecule has 0 radical (unpaired) electrons. The van der Waals surface area contributed by atoms with Crippen LogP contribution in [0.2, 0.25) is 0 Å². The van der Waals surface area contributed by atoms with Crippen LogP contribution in [0.15, 0.2) is 24.3 Å². The van der Waals surface area contributed by atoms with E-state index in [1.807, 2.05) is 24.3 Å². The summed E-state index contributed by atoms with van der Waals surface area (Å²) in [4.78, 5) is 14.5. The third-order valence-electron chi connectivity index (χ3n) is 5.25. The van der Waals surface area contributed by atoms with Crippen LogP contribution in [0, 0.1) is 11.3 Å². The van der Waals surface area contributed by atoms with Gasteiger partial charge in [-0.25, -0.2) is 0 Å². The highest BCUT2D eigenvalue weighted by Crippen LogP contribution is 2.32. The van der Waals surface area contributed by atoms with Crippen LogP contribution in [-0.2, 0) is 4.79 Å². The van der Waals surface area contributed by atoms with Gasteiger partial charge in [-0.05, 0) is 49.9 Å². The summed E-state index contributed by atoms with van der Waals surface area (Å²) in [5.41, 5.74) is 1.03. The lowest BCUT2D eigenvalue weighted by molar-refractivity contribution is -0.126. The van der Waals surface area contributed by atoms with E-state index < -0.39 is 5.60 Å². The van der Waals surface area contributed by atoms with Gasteiger partial charge in [0.05, 0.1) is 23.7 Å². The number of rotatable bonds is 4. The number of nitrogens with zero attached hydrogens (tertiary/aromatic N) is 2. The van der Waals surface area contributed by atoms with Gasteiger partial charge >= 0.3 is 0 Å². The number of carbonyl (C=O) groups excluding carboxylic acids is 1. The number of nitrogens with one attached hydrogen (secondary N) is 1. The van der Waals surface area contributed by atoms with Gasteiger partial charge in [-0.1, -0.05) is 12.8 Å². The van der Waals surface area contributed by atoms with Gasteiger partial charge in [-0.3, -0.25) is 4.79 Å².